The molecule has 0 radical (unpaired) electrons. The van der Waals surface area contributed by atoms with Crippen LogP contribution in [0.5, 0.6) is 0 Å². The van der Waals surface area contributed by atoms with E-state index in [0.717, 1.165) is 26.7 Å². The minimum atomic E-state index is -3.42. The van der Waals surface area contributed by atoms with Crippen LogP contribution in [0, 0.1) is 13.8 Å². The summed E-state index contributed by atoms with van der Waals surface area (Å²) in [5.74, 6) is 0.806. The third-order valence-electron chi connectivity index (χ3n) is 4.53. The van der Waals surface area contributed by atoms with Crippen molar-refractivity contribution in [1.29, 1.82) is 0 Å². The van der Waals surface area contributed by atoms with Gasteiger partial charge in [0.05, 0.1) is 15.9 Å². The molecule has 1 saturated heterocycles. The summed E-state index contributed by atoms with van der Waals surface area (Å²) in [6, 6.07) is 9.68. The van der Waals surface area contributed by atoms with E-state index in [2.05, 4.69) is 14.9 Å². The minimum Gasteiger partial charge on any atom is -0.340 e. The van der Waals surface area contributed by atoms with Gasteiger partial charge in [-0.25, -0.2) is 13.4 Å². The normalized spacial score (nSPS) is 16.6. The summed E-state index contributed by atoms with van der Waals surface area (Å²) >= 11 is 1.53. The molecule has 3 aromatic rings. The van der Waals surface area contributed by atoms with Gasteiger partial charge in [-0.2, -0.15) is 4.31 Å². The monoisotopic (exact) mass is 376 g/mol. The number of sulfonamides is 1. The molecule has 6 nitrogen and oxygen atoms in total. The van der Waals surface area contributed by atoms with E-state index >= 15 is 0 Å². The number of thiophene rings is 1. The molecular formula is C17H20N4O2S2. The summed E-state index contributed by atoms with van der Waals surface area (Å²) in [5, 5.41) is 0. The number of hydrogen-bond acceptors (Lipinski definition) is 5. The zero-order valence-electron chi connectivity index (χ0n) is 14.2. The number of hydrogen-bond donors (Lipinski definition) is 1. The van der Waals surface area contributed by atoms with Gasteiger partial charge in [0.1, 0.15) is 0 Å². The van der Waals surface area contributed by atoms with Crippen molar-refractivity contribution >= 4 is 38.3 Å². The third-order valence-corrected chi connectivity index (χ3v) is 7.65. The number of aromatic amines is 1. The number of rotatable bonds is 3. The molecular weight excluding hydrogens is 356 g/mol. The number of piperazine rings is 1. The van der Waals surface area contributed by atoms with Crippen LogP contribution < -0.4 is 4.90 Å². The van der Waals surface area contributed by atoms with Gasteiger partial charge in [0.25, 0.3) is 0 Å². The van der Waals surface area contributed by atoms with Crippen molar-refractivity contribution in [3.05, 3.63) is 40.1 Å². The average Bonchev–Trinajstić information content (AvgIpc) is 3.18. The molecule has 0 atom stereocenters. The molecule has 3 heterocycles. The number of nitrogens with one attached hydrogen (secondary N) is 1. The Labute approximate surface area is 151 Å². The molecule has 0 saturated carbocycles. The first kappa shape index (κ1) is 16.6. The number of imidazole rings is 1. The first-order chi connectivity index (χ1) is 11.9. The van der Waals surface area contributed by atoms with Crippen molar-refractivity contribution < 1.29 is 8.42 Å². The van der Waals surface area contributed by atoms with Crippen LogP contribution in [0.15, 0.2) is 35.2 Å². The number of anilines is 1. The summed E-state index contributed by atoms with van der Waals surface area (Å²) in [4.78, 5) is 12.4. The fourth-order valence-electron chi connectivity index (χ4n) is 3.23. The molecule has 8 heteroatoms. The Hall–Kier alpha value is -1.90. The lowest BCUT2D eigenvalue weighted by Gasteiger charge is -2.33. The van der Waals surface area contributed by atoms with E-state index in [0.29, 0.717) is 31.1 Å². The second kappa shape index (κ2) is 6.12. The maximum absolute atomic E-state index is 12.9. The number of benzene rings is 1. The Morgan fingerprint density at radius 1 is 1.12 bits per heavy atom. The van der Waals surface area contributed by atoms with E-state index in [1.807, 2.05) is 38.1 Å². The second-order valence-electron chi connectivity index (χ2n) is 6.25. The molecule has 4 rings (SSSR count). The van der Waals surface area contributed by atoms with Gasteiger partial charge in [-0.3, -0.25) is 0 Å². The largest absolute Gasteiger partial charge is 0.340 e. The fraction of sp³-hybridized carbons (Fsp3) is 0.353. The molecule has 0 bridgehead atoms. The Kier molecular flexibility index (Phi) is 4.05. The van der Waals surface area contributed by atoms with Crippen molar-refractivity contribution in [3.8, 4) is 0 Å². The van der Waals surface area contributed by atoms with Crippen molar-refractivity contribution in [2.24, 2.45) is 0 Å². The van der Waals surface area contributed by atoms with Crippen molar-refractivity contribution in [3.63, 3.8) is 0 Å². The van der Waals surface area contributed by atoms with Crippen LogP contribution >= 0.6 is 11.3 Å². The highest BCUT2D eigenvalue weighted by molar-refractivity contribution is 7.89. The zero-order chi connectivity index (χ0) is 17.6. The maximum atomic E-state index is 12.9. The third kappa shape index (κ3) is 2.94. The van der Waals surface area contributed by atoms with Gasteiger partial charge in [-0.15, -0.1) is 11.3 Å². The molecule has 2 aromatic heterocycles. The highest BCUT2D eigenvalue weighted by atomic mass is 32.2. The first-order valence-corrected chi connectivity index (χ1v) is 10.5. The summed E-state index contributed by atoms with van der Waals surface area (Å²) in [7, 11) is -3.42. The maximum Gasteiger partial charge on any atom is 0.244 e. The van der Waals surface area contributed by atoms with Gasteiger partial charge >= 0.3 is 0 Å². The molecule has 1 fully saturated rings. The van der Waals surface area contributed by atoms with E-state index in [4.69, 9.17) is 0 Å². The highest BCUT2D eigenvalue weighted by Gasteiger charge is 2.31. The van der Waals surface area contributed by atoms with Crippen LogP contribution in [-0.4, -0.2) is 48.9 Å². The Bertz CT molecular complexity index is 981. The van der Waals surface area contributed by atoms with Crippen molar-refractivity contribution in [1.82, 2.24) is 14.3 Å². The first-order valence-electron chi connectivity index (χ1n) is 8.22. The summed E-state index contributed by atoms with van der Waals surface area (Å²) in [6.45, 7) is 6.00. The lowest BCUT2D eigenvalue weighted by atomic mass is 10.3. The van der Waals surface area contributed by atoms with Gasteiger partial charge in [0.15, 0.2) is 0 Å². The van der Waals surface area contributed by atoms with Crippen LogP contribution in [0.25, 0.3) is 11.0 Å². The van der Waals surface area contributed by atoms with E-state index in [1.165, 1.54) is 11.3 Å². The van der Waals surface area contributed by atoms with E-state index in [-0.39, 0.29) is 0 Å². The molecule has 1 N–H and O–H groups in total. The highest BCUT2D eigenvalue weighted by Crippen LogP contribution is 2.28. The molecule has 1 aliphatic heterocycles. The Morgan fingerprint density at radius 3 is 2.48 bits per heavy atom. The molecule has 0 unspecified atom stereocenters. The number of aryl methyl sites for hydroxylation is 2. The number of aromatic nitrogens is 2. The Balaban J connectivity index is 1.52. The predicted octanol–water partition coefficient (Wildman–Crippen LogP) is 2.75. The lowest BCUT2D eigenvalue weighted by Crippen LogP contribution is -2.49. The van der Waals surface area contributed by atoms with Crippen LogP contribution in [-0.2, 0) is 10.0 Å². The van der Waals surface area contributed by atoms with Gasteiger partial charge in [0, 0.05) is 35.9 Å². The number of fused-ring (bicyclic) bond motifs is 1. The van der Waals surface area contributed by atoms with Gasteiger partial charge in [-0.05, 0) is 32.0 Å². The van der Waals surface area contributed by atoms with Crippen molar-refractivity contribution in [2.75, 3.05) is 31.1 Å². The number of H-pyrrole nitrogens is 1. The quantitative estimate of drug-likeness (QED) is 0.763. The predicted molar refractivity (Wildman–Crippen MR) is 101 cm³/mol. The van der Waals surface area contributed by atoms with Crippen LogP contribution in [0.2, 0.25) is 0 Å². The fourth-order valence-corrected chi connectivity index (χ4v) is 6.18. The van der Waals surface area contributed by atoms with E-state index in [1.54, 1.807) is 10.4 Å². The average molecular weight is 377 g/mol. The van der Waals surface area contributed by atoms with Crippen LogP contribution in [0.4, 0.5) is 5.95 Å². The Morgan fingerprint density at radius 2 is 1.84 bits per heavy atom. The van der Waals surface area contributed by atoms with Gasteiger partial charge < -0.3 is 9.88 Å². The number of nitrogens with zero attached hydrogens (tertiary/aromatic N) is 3. The minimum absolute atomic E-state index is 0.451. The molecule has 1 aliphatic rings. The van der Waals surface area contributed by atoms with E-state index in [9.17, 15) is 8.42 Å². The standard InChI is InChI=1S/C17H20N4O2S2/c1-12-11-16(13(2)24-12)25(22,23)21-9-7-20(8-10-21)17-18-14-5-3-4-6-15(14)19-17/h3-6,11H,7-10H2,1-2H3,(H,18,19). The van der Waals surface area contributed by atoms with Crippen LogP contribution in [0.1, 0.15) is 9.75 Å². The lowest BCUT2D eigenvalue weighted by molar-refractivity contribution is 0.383. The van der Waals surface area contributed by atoms with Gasteiger partial charge in [-0.1, -0.05) is 12.1 Å². The molecule has 0 amide bonds. The zero-order valence-corrected chi connectivity index (χ0v) is 15.8. The summed E-state index contributed by atoms with van der Waals surface area (Å²) < 4.78 is 27.4. The number of para-hydroxylation sites is 2. The van der Waals surface area contributed by atoms with Crippen molar-refractivity contribution in [2.45, 2.75) is 18.7 Å². The second-order valence-corrected chi connectivity index (χ2v) is 9.61. The SMILES string of the molecule is Cc1cc(S(=O)(=O)N2CCN(c3nc4ccccc4[nH]3)CC2)c(C)s1. The smallest absolute Gasteiger partial charge is 0.244 e. The van der Waals surface area contributed by atoms with E-state index < -0.39 is 10.0 Å². The molecule has 0 spiro atoms. The van der Waals surface area contributed by atoms with Gasteiger partial charge in [0.2, 0.25) is 16.0 Å². The summed E-state index contributed by atoms with van der Waals surface area (Å²) in [5.41, 5.74) is 1.92. The topological polar surface area (TPSA) is 69.3 Å². The molecule has 25 heavy (non-hydrogen) atoms. The van der Waals surface area contributed by atoms with Crippen LogP contribution in [0.3, 0.4) is 0 Å². The molecule has 1 aromatic carbocycles. The molecule has 132 valence electrons. The molecule has 0 aliphatic carbocycles. The summed E-state index contributed by atoms with van der Waals surface area (Å²) in [6.07, 6.45) is 0.